The molecule has 2 aromatic carbocycles. The van der Waals surface area contributed by atoms with Crippen molar-refractivity contribution in [3.05, 3.63) is 42.5 Å². The normalized spacial score (nSPS) is 13.3. The second-order valence-corrected chi connectivity index (χ2v) is 5.66. The number of hydrogen-bond acceptors (Lipinski definition) is 5. The molecule has 0 aromatic heterocycles. The number of carbonyl (C=O) groups excluding carboxylic acids is 2. The molecule has 1 N–H and O–H groups in total. The van der Waals surface area contributed by atoms with Gasteiger partial charge >= 0.3 is 0 Å². The first kappa shape index (κ1) is 17.6. The van der Waals surface area contributed by atoms with Gasteiger partial charge in [0.2, 0.25) is 11.8 Å². The number of para-hydroxylation sites is 2. The van der Waals surface area contributed by atoms with Crippen LogP contribution in [-0.2, 0) is 9.59 Å². The fourth-order valence-electron chi connectivity index (χ4n) is 2.74. The highest BCUT2D eigenvalue weighted by molar-refractivity contribution is 6.04. The minimum absolute atomic E-state index is 0.125. The van der Waals surface area contributed by atoms with Crippen molar-refractivity contribution in [3.63, 3.8) is 0 Å². The number of anilines is 2. The Morgan fingerprint density at radius 3 is 2.77 bits per heavy atom. The number of methoxy groups -OCH3 is 2. The standard InChI is InChI=1S/C19H20N2O5/c1-24-13-7-8-16(25-2)14(11-13)20-18(22)12-21-15-5-3-4-6-17(15)26-10-9-19(21)23/h3-8,11H,9-10,12H2,1-2H3,(H,20,22). The molecule has 7 heteroatoms. The van der Waals surface area contributed by atoms with E-state index in [1.165, 1.54) is 12.0 Å². The molecule has 0 saturated heterocycles. The number of hydrogen-bond donors (Lipinski definition) is 1. The Morgan fingerprint density at radius 2 is 2.00 bits per heavy atom. The van der Waals surface area contributed by atoms with Crippen LogP contribution in [0.2, 0.25) is 0 Å². The highest BCUT2D eigenvalue weighted by Gasteiger charge is 2.25. The van der Waals surface area contributed by atoms with Crippen LogP contribution in [0.4, 0.5) is 11.4 Å². The smallest absolute Gasteiger partial charge is 0.244 e. The van der Waals surface area contributed by atoms with E-state index in [1.807, 2.05) is 6.07 Å². The largest absolute Gasteiger partial charge is 0.497 e. The summed E-state index contributed by atoms with van der Waals surface area (Å²) in [7, 11) is 3.06. The molecule has 0 aliphatic carbocycles. The molecule has 3 rings (SSSR count). The van der Waals surface area contributed by atoms with Gasteiger partial charge in [0.05, 0.1) is 38.6 Å². The summed E-state index contributed by atoms with van der Waals surface area (Å²) in [5.41, 5.74) is 1.06. The Balaban J connectivity index is 1.81. The van der Waals surface area contributed by atoms with Gasteiger partial charge in [-0.25, -0.2) is 0 Å². The summed E-state index contributed by atoms with van der Waals surface area (Å²) in [5, 5.41) is 2.78. The molecule has 26 heavy (non-hydrogen) atoms. The van der Waals surface area contributed by atoms with Crippen LogP contribution in [0.15, 0.2) is 42.5 Å². The summed E-state index contributed by atoms with van der Waals surface area (Å²) >= 11 is 0. The van der Waals surface area contributed by atoms with E-state index in [2.05, 4.69) is 5.32 Å². The molecule has 1 aliphatic heterocycles. The van der Waals surface area contributed by atoms with Gasteiger partial charge < -0.3 is 19.5 Å². The van der Waals surface area contributed by atoms with Gasteiger partial charge in [-0.15, -0.1) is 0 Å². The van der Waals surface area contributed by atoms with Crippen molar-refractivity contribution in [3.8, 4) is 17.2 Å². The fraction of sp³-hybridized carbons (Fsp3) is 0.263. The van der Waals surface area contributed by atoms with Gasteiger partial charge in [0.15, 0.2) is 0 Å². The molecule has 7 nitrogen and oxygen atoms in total. The highest BCUT2D eigenvalue weighted by atomic mass is 16.5. The van der Waals surface area contributed by atoms with E-state index in [1.54, 1.807) is 43.5 Å². The number of fused-ring (bicyclic) bond motifs is 1. The molecule has 136 valence electrons. The molecule has 0 bridgehead atoms. The van der Waals surface area contributed by atoms with Gasteiger partial charge in [0, 0.05) is 6.07 Å². The summed E-state index contributed by atoms with van der Waals surface area (Å²) in [4.78, 5) is 26.4. The van der Waals surface area contributed by atoms with Crippen LogP contribution < -0.4 is 24.4 Å². The number of ether oxygens (including phenoxy) is 3. The zero-order valence-corrected chi connectivity index (χ0v) is 14.7. The maximum absolute atomic E-state index is 12.6. The molecule has 2 amide bonds. The van der Waals surface area contributed by atoms with Gasteiger partial charge in [0.25, 0.3) is 0 Å². The van der Waals surface area contributed by atoms with Crippen LogP contribution in [0.1, 0.15) is 6.42 Å². The molecule has 2 aromatic rings. The van der Waals surface area contributed by atoms with Crippen molar-refractivity contribution in [1.82, 2.24) is 0 Å². The topological polar surface area (TPSA) is 77.1 Å². The third kappa shape index (κ3) is 3.72. The average Bonchev–Trinajstić information content (AvgIpc) is 2.81. The number of nitrogens with one attached hydrogen (secondary N) is 1. The van der Waals surface area contributed by atoms with Gasteiger partial charge in [-0.1, -0.05) is 12.1 Å². The van der Waals surface area contributed by atoms with Crippen molar-refractivity contribution < 1.29 is 23.8 Å². The molecular weight excluding hydrogens is 336 g/mol. The van der Waals surface area contributed by atoms with Crippen LogP contribution in [0.3, 0.4) is 0 Å². The van der Waals surface area contributed by atoms with Crippen LogP contribution in [0, 0.1) is 0 Å². The SMILES string of the molecule is COc1ccc(OC)c(NC(=O)CN2C(=O)CCOc3ccccc32)c1. The number of amides is 2. The van der Waals surface area contributed by atoms with Crippen LogP contribution >= 0.6 is 0 Å². The zero-order chi connectivity index (χ0) is 18.5. The van der Waals surface area contributed by atoms with E-state index >= 15 is 0 Å². The van der Waals surface area contributed by atoms with Crippen molar-refractivity contribution >= 4 is 23.2 Å². The Labute approximate surface area is 151 Å². The van der Waals surface area contributed by atoms with Crippen molar-refractivity contribution in [2.75, 3.05) is 37.6 Å². The van der Waals surface area contributed by atoms with Gasteiger partial charge in [-0.05, 0) is 24.3 Å². The summed E-state index contributed by atoms with van der Waals surface area (Å²) in [6.07, 6.45) is 0.213. The van der Waals surface area contributed by atoms with E-state index < -0.39 is 0 Å². The fourth-order valence-corrected chi connectivity index (χ4v) is 2.74. The number of nitrogens with zero attached hydrogens (tertiary/aromatic N) is 1. The van der Waals surface area contributed by atoms with Crippen molar-refractivity contribution in [2.45, 2.75) is 6.42 Å². The lowest BCUT2D eigenvalue weighted by molar-refractivity contribution is -0.121. The molecule has 0 unspecified atom stereocenters. The molecule has 0 saturated carbocycles. The monoisotopic (exact) mass is 356 g/mol. The first-order valence-electron chi connectivity index (χ1n) is 8.16. The summed E-state index contributed by atoms with van der Waals surface area (Å²) in [6, 6.07) is 12.3. The minimum Gasteiger partial charge on any atom is -0.497 e. The Hall–Kier alpha value is -3.22. The molecule has 0 radical (unpaired) electrons. The van der Waals surface area contributed by atoms with Gasteiger partial charge in [0.1, 0.15) is 23.8 Å². The van der Waals surface area contributed by atoms with E-state index in [0.717, 1.165) is 0 Å². The second-order valence-electron chi connectivity index (χ2n) is 5.66. The Bertz CT molecular complexity index is 821. The first-order chi connectivity index (χ1) is 12.6. The number of benzene rings is 2. The van der Waals surface area contributed by atoms with E-state index in [4.69, 9.17) is 14.2 Å². The maximum Gasteiger partial charge on any atom is 0.244 e. The quantitative estimate of drug-likeness (QED) is 0.890. The third-order valence-corrected chi connectivity index (χ3v) is 4.01. The molecule has 0 fully saturated rings. The maximum atomic E-state index is 12.6. The average molecular weight is 356 g/mol. The van der Waals surface area contributed by atoms with Crippen LogP contribution in [-0.4, -0.2) is 39.2 Å². The third-order valence-electron chi connectivity index (χ3n) is 4.01. The van der Waals surface area contributed by atoms with Gasteiger partial charge in [-0.3, -0.25) is 14.5 Å². The zero-order valence-electron chi connectivity index (χ0n) is 14.7. The molecule has 1 aliphatic rings. The van der Waals surface area contributed by atoms with Crippen LogP contribution in [0.5, 0.6) is 17.2 Å². The molecule has 0 spiro atoms. The Morgan fingerprint density at radius 1 is 1.19 bits per heavy atom. The first-order valence-corrected chi connectivity index (χ1v) is 8.16. The predicted molar refractivity (Wildman–Crippen MR) is 97.1 cm³/mol. The lowest BCUT2D eigenvalue weighted by atomic mass is 10.2. The number of rotatable bonds is 5. The minimum atomic E-state index is -0.346. The molecular formula is C19H20N2O5. The van der Waals surface area contributed by atoms with E-state index in [0.29, 0.717) is 28.6 Å². The highest BCUT2D eigenvalue weighted by Crippen LogP contribution is 2.32. The lowest BCUT2D eigenvalue weighted by Gasteiger charge is -2.21. The van der Waals surface area contributed by atoms with Gasteiger partial charge in [-0.2, -0.15) is 0 Å². The summed E-state index contributed by atoms with van der Waals surface area (Å²) < 4.78 is 16.0. The lowest BCUT2D eigenvalue weighted by Crippen LogP contribution is -2.37. The van der Waals surface area contributed by atoms with Crippen molar-refractivity contribution in [1.29, 1.82) is 0 Å². The van der Waals surface area contributed by atoms with E-state index in [9.17, 15) is 9.59 Å². The van der Waals surface area contributed by atoms with E-state index in [-0.39, 0.29) is 31.4 Å². The second kappa shape index (κ2) is 7.77. The summed E-state index contributed by atoms with van der Waals surface area (Å²) in [5.74, 6) is 1.17. The van der Waals surface area contributed by atoms with Crippen molar-refractivity contribution in [2.24, 2.45) is 0 Å². The molecule has 1 heterocycles. The van der Waals surface area contributed by atoms with Crippen LogP contribution in [0.25, 0.3) is 0 Å². The summed E-state index contributed by atoms with van der Waals surface area (Å²) in [6.45, 7) is 0.164. The molecule has 0 atom stereocenters. The predicted octanol–water partition coefficient (Wildman–Crippen LogP) is 2.46. The number of carbonyl (C=O) groups is 2. The Kier molecular flexibility index (Phi) is 5.26.